The minimum absolute atomic E-state index is 0.229. The highest BCUT2D eigenvalue weighted by atomic mass is 32.1. The van der Waals surface area contributed by atoms with E-state index in [9.17, 15) is 0 Å². The van der Waals surface area contributed by atoms with Gasteiger partial charge in [-0.3, -0.25) is 0 Å². The zero-order valence-electron chi connectivity index (χ0n) is 27.8. The van der Waals surface area contributed by atoms with Gasteiger partial charge in [-0.25, -0.2) is 0 Å². The first-order valence-electron chi connectivity index (χ1n) is 17.7. The smallest absolute Gasteiger partial charge is 0.0678 e. The number of hydrogen-bond donors (Lipinski definition) is 0. The number of nitrogens with zero attached hydrogens (tertiary/aromatic N) is 2. The fourth-order valence-electron chi connectivity index (χ4n) is 8.49. The van der Waals surface area contributed by atoms with Crippen LogP contribution >= 0.6 is 11.3 Å². The highest BCUT2D eigenvalue weighted by Gasteiger charge is 2.23. The van der Waals surface area contributed by atoms with Gasteiger partial charge in [0, 0.05) is 42.7 Å². The van der Waals surface area contributed by atoms with E-state index in [1.54, 1.807) is 0 Å². The summed E-state index contributed by atoms with van der Waals surface area (Å²) in [6, 6.07) is 56.3. The Labute approximate surface area is 299 Å². The van der Waals surface area contributed by atoms with Gasteiger partial charge < -0.3 is 9.13 Å². The summed E-state index contributed by atoms with van der Waals surface area (Å²) in [6.07, 6.45) is 10.0. The average molecular weight is 669 g/mol. The van der Waals surface area contributed by atoms with Crippen LogP contribution in [0.4, 0.5) is 0 Å². The second-order valence-electron chi connectivity index (χ2n) is 13.7. The number of fused-ring (bicyclic) bond motifs is 10. The maximum absolute atomic E-state index is 2.64. The van der Waals surface area contributed by atoms with Gasteiger partial charge in [0.1, 0.15) is 0 Å². The molecule has 3 heteroatoms. The summed E-state index contributed by atoms with van der Waals surface area (Å²) in [7, 11) is 0. The van der Waals surface area contributed by atoms with Gasteiger partial charge in [0.05, 0.1) is 32.8 Å². The number of aromatic nitrogens is 2. The van der Waals surface area contributed by atoms with Crippen LogP contribution in [-0.4, -0.2) is 9.13 Å². The maximum atomic E-state index is 2.64. The molecule has 10 aromatic rings. The molecule has 0 amide bonds. The molecular weight excluding hydrogens is 637 g/mol. The van der Waals surface area contributed by atoms with Crippen molar-refractivity contribution in [2.24, 2.45) is 0 Å². The van der Waals surface area contributed by atoms with Gasteiger partial charge in [-0.15, -0.1) is 11.3 Å². The van der Waals surface area contributed by atoms with Gasteiger partial charge in [-0.1, -0.05) is 133 Å². The Bertz CT molecular complexity index is 2990. The Kier molecular flexibility index (Phi) is 6.28. The van der Waals surface area contributed by atoms with Crippen molar-refractivity contribution in [1.82, 2.24) is 9.13 Å². The van der Waals surface area contributed by atoms with Crippen LogP contribution in [0.3, 0.4) is 0 Å². The molecule has 2 nitrogen and oxygen atoms in total. The molecule has 1 aliphatic carbocycles. The van der Waals surface area contributed by atoms with Gasteiger partial charge >= 0.3 is 0 Å². The van der Waals surface area contributed by atoms with E-state index in [-0.39, 0.29) is 6.04 Å². The Morgan fingerprint density at radius 2 is 1.14 bits per heavy atom. The first-order chi connectivity index (χ1) is 25.3. The fourth-order valence-corrected chi connectivity index (χ4v) is 9.73. The summed E-state index contributed by atoms with van der Waals surface area (Å²) in [5.41, 5.74) is 11.1. The largest absolute Gasteiger partial charge is 0.332 e. The van der Waals surface area contributed by atoms with Crippen molar-refractivity contribution in [2.45, 2.75) is 12.5 Å². The molecule has 0 saturated carbocycles. The molecule has 0 radical (unpaired) electrons. The van der Waals surface area contributed by atoms with Crippen molar-refractivity contribution in [2.75, 3.05) is 0 Å². The molecule has 0 N–H and O–H groups in total. The molecule has 0 spiro atoms. The van der Waals surface area contributed by atoms with Crippen LogP contribution in [0, 0.1) is 0 Å². The number of hydrogen-bond acceptors (Lipinski definition) is 1. The summed E-state index contributed by atoms with van der Waals surface area (Å²) in [4.78, 5) is 0. The lowest BCUT2D eigenvalue weighted by Crippen LogP contribution is -2.07. The van der Waals surface area contributed by atoms with E-state index < -0.39 is 0 Å². The van der Waals surface area contributed by atoms with Crippen LogP contribution in [0.25, 0.3) is 91.7 Å². The van der Waals surface area contributed by atoms with Crippen LogP contribution in [0.1, 0.15) is 12.5 Å². The molecule has 1 aliphatic rings. The third-order valence-corrected chi connectivity index (χ3v) is 12.0. The maximum Gasteiger partial charge on any atom is 0.0678 e. The third kappa shape index (κ3) is 4.35. The molecular formula is C48H32N2S. The van der Waals surface area contributed by atoms with Crippen molar-refractivity contribution in [3.05, 3.63) is 176 Å². The van der Waals surface area contributed by atoms with Gasteiger partial charge in [0.2, 0.25) is 0 Å². The van der Waals surface area contributed by atoms with Gasteiger partial charge in [-0.05, 0) is 71.1 Å². The van der Waals surface area contributed by atoms with Gasteiger partial charge in [0.15, 0.2) is 0 Å². The minimum Gasteiger partial charge on any atom is -0.332 e. The van der Waals surface area contributed by atoms with E-state index in [1.165, 1.54) is 86.0 Å². The second-order valence-corrected chi connectivity index (χ2v) is 14.7. The van der Waals surface area contributed by atoms with Crippen molar-refractivity contribution >= 4 is 75.1 Å². The Morgan fingerprint density at radius 3 is 1.88 bits per heavy atom. The van der Waals surface area contributed by atoms with E-state index >= 15 is 0 Å². The molecule has 3 heterocycles. The molecule has 1 unspecified atom stereocenters. The first-order valence-corrected chi connectivity index (χ1v) is 18.5. The standard InChI is InChI=1S/C48H32N2S/c1-4-14-31(15-5-1)33-26-34(32-16-6-2-7-17-32)28-36(27-33)49-43-22-12-10-20-37(43)41-29-42-39-24-25-40-38-21-11-13-23-46(38)51-48(40)47(39)50(45(42)30-44(41)49)35-18-8-3-9-19-35/h1-18,20-30,35H,19H2. The molecule has 1 atom stereocenters. The highest BCUT2D eigenvalue weighted by molar-refractivity contribution is 7.26. The van der Waals surface area contributed by atoms with E-state index in [1.807, 2.05) is 11.3 Å². The molecule has 7 aromatic carbocycles. The van der Waals surface area contributed by atoms with Gasteiger partial charge in [0.25, 0.3) is 0 Å². The number of rotatable bonds is 4. The summed E-state index contributed by atoms with van der Waals surface area (Å²) in [5.74, 6) is 0. The van der Waals surface area contributed by atoms with Gasteiger partial charge in [-0.2, -0.15) is 0 Å². The Morgan fingerprint density at radius 1 is 0.471 bits per heavy atom. The number of thiophene rings is 1. The van der Waals surface area contributed by atoms with E-state index in [0.717, 1.165) is 12.1 Å². The molecule has 0 fully saturated rings. The normalized spacial score (nSPS) is 14.6. The van der Waals surface area contributed by atoms with Crippen molar-refractivity contribution in [3.63, 3.8) is 0 Å². The quantitative estimate of drug-likeness (QED) is 0.177. The van der Waals surface area contributed by atoms with Crippen molar-refractivity contribution in [3.8, 4) is 27.9 Å². The van der Waals surface area contributed by atoms with Crippen molar-refractivity contribution < 1.29 is 0 Å². The molecule has 0 saturated heterocycles. The summed E-state index contributed by atoms with van der Waals surface area (Å²) in [6.45, 7) is 0. The second kappa shape index (κ2) is 11.2. The van der Waals surface area contributed by atoms with E-state index in [4.69, 9.17) is 0 Å². The third-order valence-electron chi connectivity index (χ3n) is 10.8. The van der Waals surface area contributed by atoms with Crippen LogP contribution in [0.2, 0.25) is 0 Å². The lowest BCUT2D eigenvalue weighted by Gasteiger charge is -2.19. The number of allylic oxidation sites excluding steroid dienone is 4. The predicted molar refractivity (Wildman–Crippen MR) is 219 cm³/mol. The van der Waals surface area contributed by atoms with E-state index in [2.05, 4.69) is 185 Å². The first kappa shape index (κ1) is 28.7. The van der Waals surface area contributed by atoms with Crippen LogP contribution < -0.4 is 0 Å². The Hall–Kier alpha value is -6.16. The summed E-state index contributed by atoms with van der Waals surface area (Å²) >= 11 is 1.92. The topological polar surface area (TPSA) is 9.86 Å². The molecule has 3 aromatic heterocycles. The zero-order valence-corrected chi connectivity index (χ0v) is 28.6. The lowest BCUT2D eigenvalue weighted by molar-refractivity contribution is 0.649. The number of benzene rings is 7. The number of para-hydroxylation sites is 1. The van der Waals surface area contributed by atoms with Crippen LogP contribution in [0.15, 0.2) is 176 Å². The summed E-state index contributed by atoms with van der Waals surface area (Å²) in [5, 5.41) is 7.86. The Balaban J connectivity index is 1.27. The molecule has 51 heavy (non-hydrogen) atoms. The zero-order chi connectivity index (χ0) is 33.5. The molecule has 11 rings (SSSR count). The van der Waals surface area contributed by atoms with E-state index in [0.29, 0.717) is 0 Å². The lowest BCUT2D eigenvalue weighted by atomic mass is 9.98. The van der Waals surface area contributed by atoms with Crippen LogP contribution in [0.5, 0.6) is 0 Å². The average Bonchev–Trinajstić information content (AvgIpc) is 3.85. The SMILES string of the molecule is C1=CCC(n2c3cc4c(cc3c3ccc5c6ccccc6sc5c32)c2ccccc2n4-c2cc(-c3ccccc3)cc(-c3ccccc3)c2)C=C1. The fraction of sp³-hybridized carbons (Fsp3) is 0.0417. The molecule has 0 bridgehead atoms. The highest BCUT2D eigenvalue weighted by Crippen LogP contribution is 2.46. The summed E-state index contributed by atoms with van der Waals surface area (Å²) < 4.78 is 7.84. The molecule has 240 valence electrons. The molecule has 0 aliphatic heterocycles. The predicted octanol–water partition coefficient (Wildman–Crippen LogP) is 13.7. The van der Waals surface area contributed by atoms with Crippen LogP contribution in [-0.2, 0) is 0 Å². The monoisotopic (exact) mass is 668 g/mol. The van der Waals surface area contributed by atoms with Crippen molar-refractivity contribution in [1.29, 1.82) is 0 Å². The minimum atomic E-state index is 0.229.